The molecule has 0 aliphatic carbocycles. The molecule has 0 bridgehead atoms. The second kappa shape index (κ2) is 9.67. The average molecular weight is 363 g/mol. The van der Waals surface area contributed by atoms with Gasteiger partial charge in [0.2, 0.25) is 0 Å². The number of benzene rings is 1. The molecule has 2 rings (SSSR count). The second-order valence-electron chi connectivity index (χ2n) is 7.40. The highest BCUT2D eigenvalue weighted by molar-refractivity contribution is 5.79. The Bertz CT molecular complexity index is 595. The molecule has 1 heterocycles. The summed E-state index contributed by atoms with van der Waals surface area (Å²) in [6.07, 6.45) is 3.91. The number of nitrogens with zero attached hydrogens (tertiary/aromatic N) is 2. The molecular weight excluding hydrogens is 328 g/mol. The molecule has 3 N–H and O–H groups in total. The molecule has 0 radical (unpaired) electrons. The minimum Gasteiger partial charge on any atom is -0.508 e. The molecule has 146 valence electrons. The van der Waals surface area contributed by atoms with Gasteiger partial charge in [0.15, 0.2) is 5.96 Å². The lowest BCUT2D eigenvalue weighted by Gasteiger charge is -2.41. The van der Waals surface area contributed by atoms with E-state index in [1.54, 1.807) is 19.2 Å². The predicted molar refractivity (Wildman–Crippen MR) is 107 cm³/mol. The molecule has 0 aromatic heterocycles. The summed E-state index contributed by atoms with van der Waals surface area (Å²) in [5, 5.41) is 16.8. The zero-order chi connectivity index (χ0) is 19.0. The number of methoxy groups -OCH3 is 1. The van der Waals surface area contributed by atoms with E-state index in [2.05, 4.69) is 41.3 Å². The lowest BCUT2D eigenvalue weighted by Crippen LogP contribution is -2.54. The number of nitrogens with one attached hydrogen (secondary N) is 2. The lowest BCUT2D eigenvalue weighted by molar-refractivity contribution is 0.0982. The van der Waals surface area contributed by atoms with Crippen molar-refractivity contribution in [1.82, 2.24) is 15.5 Å². The highest BCUT2D eigenvalue weighted by Gasteiger charge is 2.27. The fourth-order valence-electron chi connectivity index (χ4n) is 3.23. The number of aliphatic imine (C=N–C) groups is 1. The third-order valence-electron chi connectivity index (χ3n) is 4.94. The maximum absolute atomic E-state index is 10.0. The summed E-state index contributed by atoms with van der Waals surface area (Å²) in [6.45, 7) is 11.0. The van der Waals surface area contributed by atoms with Gasteiger partial charge in [0.05, 0.1) is 13.7 Å². The maximum atomic E-state index is 10.0. The van der Waals surface area contributed by atoms with Gasteiger partial charge >= 0.3 is 0 Å². The number of ether oxygens (including phenoxy) is 1. The SMILES string of the molecule is CCNC(=NCc1cc(OC)ccc1O)NCC(C)(C)N1CCCCC1. The molecule has 0 atom stereocenters. The van der Waals surface area contributed by atoms with Gasteiger partial charge in [-0.05, 0) is 64.9 Å². The molecule has 26 heavy (non-hydrogen) atoms. The van der Waals surface area contributed by atoms with E-state index >= 15 is 0 Å². The molecular formula is C20H34N4O2. The summed E-state index contributed by atoms with van der Waals surface area (Å²) >= 11 is 0. The highest BCUT2D eigenvalue weighted by Crippen LogP contribution is 2.23. The summed E-state index contributed by atoms with van der Waals surface area (Å²) < 4.78 is 5.23. The van der Waals surface area contributed by atoms with Gasteiger partial charge in [-0.3, -0.25) is 4.90 Å². The van der Waals surface area contributed by atoms with E-state index in [1.165, 1.54) is 32.4 Å². The van der Waals surface area contributed by atoms with Gasteiger partial charge in [-0.15, -0.1) is 0 Å². The Balaban J connectivity index is 2.00. The number of likely N-dealkylation sites (tertiary alicyclic amines) is 1. The molecule has 6 nitrogen and oxygen atoms in total. The van der Waals surface area contributed by atoms with Crippen LogP contribution < -0.4 is 15.4 Å². The Hall–Kier alpha value is -1.95. The van der Waals surface area contributed by atoms with Gasteiger partial charge in [-0.25, -0.2) is 4.99 Å². The summed E-state index contributed by atoms with van der Waals surface area (Å²) in [5.41, 5.74) is 0.825. The Morgan fingerprint density at radius 2 is 1.96 bits per heavy atom. The number of phenolic OH excluding ortho intramolecular Hbond substituents is 1. The molecule has 0 saturated carbocycles. The lowest BCUT2D eigenvalue weighted by atomic mass is 9.98. The largest absolute Gasteiger partial charge is 0.508 e. The van der Waals surface area contributed by atoms with Gasteiger partial charge in [0.1, 0.15) is 11.5 Å². The minimum absolute atomic E-state index is 0.0781. The quantitative estimate of drug-likeness (QED) is 0.514. The van der Waals surface area contributed by atoms with Gasteiger partial charge in [-0.1, -0.05) is 6.42 Å². The zero-order valence-corrected chi connectivity index (χ0v) is 16.6. The van der Waals surface area contributed by atoms with Gasteiger partial charge < -0.3 is 20.5 Å². The molecule has 1 aromatic carbocycles. The Morgan fingerprint density at radius 1 is 1.23 bits per heavy atom. The molecule has 0 amide bonds. The number of piperidine rings is 1. The fourth-order valence-corrected chi connectivity index (χ4v) is 3.23. The van der Waals surface area contributed by atoms with E-state index in [0.29, 0.717) is 6.54 Å². The van der Waals surface area contributed by atoms with Crippen LogP contribution in [0.5, 0.6) is 11.5 Å². The molecule has 1 fully saturated rings. The van der Waals surface area contributed by atoms with Crippen molar-refractivity contribution in [2.45, 2.75) is 52.1 Å². The summed E-state index contributed by atoms with van der Waals surface area (Å²) in [4.78, 5) is 7.19. The third-order valence-corrected chi connectivity index (χ3v) is 4.94. The number of phenols is 1. The van der Waals surface area contributed by atoms with Crippen molar-refractivity contribution in [3.8, 4) is 11.5 Å². The van der Waals surface area contributed by atoms with Crippen LogP contribution in [0.4, 0.5) is 0 Å². The molecule has 1 aliphatic heterocycles. The topological polar surface area (TPSA) is 69.1 Å². The van der Waals surface area contributed by atoms with Crippen LogP contribution in [0.15, 0.2) is 23.2 Å². The first kappa shape index (κ1) is 20.4. The molecule has 1 saturated heterocycles. The van der Waals surface area contributed by atoms with Crippen LogP contribution in [0.25, 0.3) is 0 Å². The summed E-state index contributed by atoms with van der Waals surface area (Å²) in [6, 6.07) is 5.21. The first-order valence-electron chi connectivity index (χ1n) is 9.59. The average Bonchev–Trinajstić information content (AvgIpc) is 2.66. The first-order valence-corrected chi connectivity index (χ1v) is 9.59. The molecule has 6 heteroatoms. The molecule has 0 unspecified atom stereocenters. The van der Waals surface area contributed by atoms with Crippen LogP contribution in [0.2, 0.25) is 0 Å². The van der Waals surface area contributed by atoms with Crippen LogP contribution in [0.3, 0.4) is 0 Å². The Morgan fingerprint density at radius 3 is 2.62 bits per heavy atom. The van der Waals surface area contributed by atoms with Crippen molar-refractivity contribution in [3.63, 3.8) is 0 Å². The van der Waals surface area contributed by atoms with Gasteiger partial charge in [0, 0.05) is 24.2 Å². The summed E-state index contributed by atoms with van der Waals surface area (Å²) in [7, 11) is 1.62. The van der Waals surface area contributed by atoms with Crippen molar-refractivity contribution in [2.24, 2.45) is 4.99 Å². The monoisotopic (exact) mass is 362 g/mol. The highest BCUT2D eigenvalue weighted by atomic mass is 16.5. The van der Waals surface area contributed by atoms with Crippen molar-refractivity contribution in [2.75, 3.05) is 33.3 Å². The number of aromatic hydroxyl groups is 1. The Labute approximate surface area is 157 Å². The second-order valence-corrected chi connectivity index (χ2v) is 7.40. The molecule has 1 aromatic rings. The van der Waals surface area contributed by atoms with Crippen LogP contribution in [0.1, 0.15) is 45.6 Å². The van der Waals surface area contributed by atoms with E-state index in [-0.39, 0.29) is 11.3 Å². The van der Waals surface area contributed by atoms with Crippen molar-refractivity contribution in [3.05, 3.63) is 23.8 Å². The normalized spacial score (nSPS) is 16.4. The fraction of sp³-hybridized carbons (Fsp3) is 0.650. The first-order chi connectivity index (χ1) is 12.5. The standard InChI is InChI=1S/C20H34N4O2/c1-5-21-19(22-14-16-13-17(26-4)9-10-18(16)25)23-15-20(2,3)24-11-7-6-8-12-24/h9-10,13,25H,5-8,11-12,14-15H2,1-4H3,(H2,21,22,23). The van der Waals surface area contributed by atoms with E-state index in [4.69, 9.17) is 4.74 Å². The number of hydrogen-bond acceptors (Lipinski definition) is 4. The predicted octanol–water partition coefficient (Wildman–Crippen LogP) is 2.72. The van der Waals surface area contributed by atoms with Crippen LogP contribution >= 0.6 is 0 Å². The van der Waals surface area contributed by atoms with Crippen molar-refractivity contribution >= 4 is 5.96 Å². The number of guanidine groups is 1. The van der Waals surface area contributed by atoms with E-state index in [0.717, 1.165) is 30.4 Å². The number of hydrogen-bond donors (Lipinski definition) is 3. The van der Waals surface area contributed by atoms with E-state index in [1.807, 2.05) is 6.07 Å². The maximum Gasteiger partial charge on any atom is 0.191 e. The van der Waals surface area contributed by atoms with Crippen LogP contribution in [-0.2, 0) is 6.54 Å². The van der Waals surface area contributed by atoms with Crippen LogP contribution in [-0.4, -0.2) is 54.8 Å². The molecule has 0 spiro atoms. The van der Waals surface area contributed by atoms with E-state index in [9.17, 15) is 5.11 Å². The zero-order valence-electron chi connectivity index (χ0n) is 16.6. The smallest absolute Gasteiger partial charge is 0.191 e. The van der Waals surface area contributed by atoms with Gasteiger partial charge in [-0.2, -0.15) is 0 Å². The third kappa shape index (κ3) is 5.80. The van der Waals surface area contributed by atoms with Gasteiger partial charge in [0.25, 0.3) is 0 Å². The van der Waals surface area contributed by atoms with Crippen molar-refractivity contribution < 1.29 is 9.84 Å². The number of rotatable bonds is 7. The minimum atomic E-state index is 0.0781. The van der Waals surface area contributed by atoms with E-state index < -0.39 is 0 Å². The summed E-state index contributed by atoms with van der Waals surface area (Å²) in [5.74, 6) is 1.72. The van der Waals surface area contributed by atoms with Crippen molar-refractivity contribution in [1.29, 1.82) is 0 Å². The Kier molecular flexibility index (Phi) is 7.57. The molecule has 1 aliphatic rings. The van der Waals surface area contributed by atoms with Crippen LogP contribution in [0, 0.1) is 0 Å².